The first kappa shape index (κ1) is 18.9. The standard InChI is InChI=1S/C20H25N5O2S/c1-11(12-6-16(26)21-8-12)27-18-17-14(22-10-25(17)5)7-13(23-18)15-9-28-19(24-15)20(2,3)4/h7,9-12H,6,8H2,1-5H3,(H,21,26)/t11-,12?/m1/s1. The number of fused-ring (bicyclic) bond motifs is 1. The zero-order valence-corrected chi connectivity index (χ0v) is 17.6. The van der Waals surface area contributed by atoms with E-state index in [0.29, 0.717) is 18.8 Å². The Morgan fingerprint density at radius 1 is 1.32 bits per heavy atom. The Morgan fingerprint density at radius 2 is 2.11 bits per heavy atom. The number of aryl methyl sites for hydroxylation is 1. The SMILES string of the molecule is C[C@@H](Oc1nc(-c2csc(C(C)(C)C)n2)cc2ncn(C)c12)C1CNC(=O)C1. The Bertz CT molecular complexity index is 1030. The molecule has 3 aromatic rings. The summed E-state index contributed by atoms with van der Waals surface area (Å²) in [5.74, 6) is 0.739. The van der Waals surface area contributed by atoms with Crippen molar-refractivity contribution in [1.82, 2.24) is 24.8 Å². The molecule has 1 saturated heterocycles. The molecule has 8 heteroatoms. The number of carbonyl (C=O) groups is 1. The normalized spacial score (nSPS) is 18.5. The Labute approximate surface area is 168 Å². The van der Waals surface area contributed by atoms with Gasteiger partial charge in [0.2, 0.25) is 11.8 Å². The predicted octanol–water partition coefficient (Wildman–Crippen LogP) is 3.29. The molecule has 3 aromatic heterocycles. The van der Waals surface area contributed by atoms with Gasteiger partial charge >= 0.3 is 0 Å². The molecule has 0 radical (unpaired) electrons. The molecule has 0 spiro atoms. The number of nitrogens with zero attached hydrogens (tertiary/aromatic N) is 4. The van der Waals surface area contributed by atoms with Gasteiger partial charge in [-0.2, -0.15) is 0 Å². The molecule has 28 heavy (non-hydrogen) atoms. The van der Waals surface area contributed by atoms with E-state index >= 15 is 0 Å². The molecule has 4 heterocycles. The summed E-state index contributed by atoms with van der Waals surface area (Å²) in [6, 6.07) is 1.95. The highest BCUT2D eigenvalue weighted by Gasteiger charge is 2.29. The zero-order valence-electron chi connectivity index (χ0n) is 16.8. The average molecular weight is 400 g/mol. The lowest BCUT2D eigenvalue weighted by molar-refractivity contribution is -0.119. The van der Waals surface area contributed by atoms with E-state index < -0.39 is 0 Å². The molecule has 0 aliphatic carbocycles. The fourth-order valence-corrected chi connectivity index (χ4v) is 4.22. The third-order valence-corrected chi connectivity index (χ3v) is 6.31. The van der Waals surface area contributed by atoms with E-state index in [2.05, 4.69) is 31.1 Å². The first-order valence-electron chi connectivity index (χ1n) is 9.44. The number of pyridine rings is 1. The van der Waals surface area contributed by atoms with Crippen molar-refractivity contribution in [2.75, 3.05) is 6.54 Å². The minimum atomic E-state index is -0.139. The molecule has 4 rings (SSSR count). The van der Waals surface area contributed by atoms with E-state index in [1.165, 1.54) is 0 Å². The first-order valence-corrected chi connectivity index (χ1v) is 10.3. The van der Waals surface area contributed by atoms with Crippen LogP contribution in [0.3, 0.4) is 0 Å². The number of hydrogen-bond donors (Lipinski definition) is 1. The highest BCUT2D eigenvalue weighted by Crippen LogP contribution is 2.33. The minimum absolute atomic E-state index is 0.00608. The topological polar surface area (TPSA) is 81.9 Å². The fraction of sp³-hybridized carbons (Fsp3) is 0.500. The van der Waals surface area contributed by atoms with Crippen LogP contribution in [0, 0.1) is 5.92 Å². The van der Waals surface area contributed by atoms with Crippen LogP contribution in [0.4, 0.5) is 0 Å². The lowest BCUT2D eigenvalue weighted by Crippen LogP contribution is -2.26. The van der Waals surface area contributed by atoms with Crippen LogP contribution in [0.5, 0.6) is 5.88 Å². The molecule has 1 amide bonds. The molecule has 1 N–H and O–H groups in total. The number of thiazole rings is 1. The van der Waals surface area contributed by atoms with Crippen molar-refractivity contribution in [2.24, 2.45) is 13.0 Å². The number of amides is 1. The van der Waals surface area contributed by atoms with E-state index in [1.54, 1.807) is 17.7 Å². The fourth-order valence-electron chi connectivity index (χ4n) is 3.32. The summed E-state index contributed by atoms with van der Waals surface area (Å²) in [7, 11) is 1.93. The molecule has 1 fully saturated rings. The van der Waals surface area contributed by atoms with Crippen LogP contribution in [0.15, 0.2) is 17.8 Å². The van der Waals surface area contributed by atoms with Gasteiger partial charge in [0.1, 0.15) is 17.3 Å². The second-order valence-electron chi connectivity index (χ2n) is 8.42. The Balaban J connectivity index is 1.72. The Kier molecular flexibility index (Phi) is 4.61. The van der Waals surface area contributed by atoms with Crippen molar-refractivity contribution in [1.29, 1.82) is 0 Å². The lowest BCUT2D eigenvalue weighted by Gasteiger charge is -2.20. The van der Waals surface area contributed by atoms with Gasteiger partial charge in [-0.3, -0.25) is 4.79 Å². The van der Waals surface area contributed by atoms with E-state index in [9.17, 15) is 4.79 Å². The zero-order chi connectivity index (χ0) is 20.1. The number of nitrogens with one attached hydrogen (secondary N) is 1. The maximum atomic E-state index is 11.6. The Morgan fingerprint density at radius 3 is 2.75 bits per heavy atom. The third-order valence-electron chi connectivity index (χ3n) is 5.04. The van der Waals surface area contributed by atoms with E-state index in [-0.39, 0.29) is 23.3 Å². The maximum Gasteiger partial charge on any atom is 0.241 e. The summed E-state index contributed by atoms with van der Waals surface area (Å²) in [5, 5.41) is 5.97. The number of rotatable bonds is 4. The second-order valence-corrected chi connectivity index (χ2v) is 9.27. The van der Waals surface area contributed by atoms with Gasteiger partial charge in [0.15, 0.2) is 0 Å². The quantitative estimate of drug-likeness (QED) is 0.728. The molecule has 1 aliphatic rings. The molecule has 1 aliphatic heterocycles. The van der Waals surface area contributed by atoms with E-state index in [4.69, 9.17) is 14.7 Å². The van der Waals surface area contributed by atoms with Crippen LogP contribution < -0.4 is 10.1 Å². The van der Waals surface area contributed by atoms with Crippen LogP contribution in [0.2, 0.25) is 0 Å². The number of aromatic nitrogens is 4. The van der Waals surface area contributed by atoms with Gasteiger partial charge in [0, 0.05) is 36.7 Å². The molecule has 2 atom stereocenters. The summed E-state index contributed by atoms with van der Waals surface area (Å²) < 4.78 is 8.16. The summed E-state index contributed by atoms with van der Waals surface area (Å²) in [6.07, 6.45) is 2.10. The molecule has 0 saturated carbocycles. The molecule has 1 unspecified atom stereocenters. The summed E-state index contributed by atoms with van der Waals surface area (Å²) in [4.78, 5) is 25.6. The smallest absolute Gasteiger partial charge is 0.241 e. The summed E-state index contributed by atoms with van der Waals surface area (Å²) in [6.45, 7) is 9.08. The molecule has 0 bridgehead atoms. The maximum absolute atomic E-state index is 11.6. The third kappa shape index (κ3) is 3.48. The van der Waals surface area contributed by atoms with Crippen molar-refractivity contribution >= 4 is 28.3 Å². The van der Waals surface area contributed by atoms with E-state index in [0.717, 1.165) is 27.4 Å². The van der Waals surface area contributed by atoms with Crippen molar-refractivity contribution in [3.05, 3.63) is 22.8 Å². The van der Waals surface area contributed by atoms with Crippen LogP contribution in [-0.2, 0) is 17.3 Å². The second kappa shape index (κ2) is 6.84. The molecule has 148 valence electrons. The highest BCUT2D eigenvalue weighted by molar-refractivity contribution is 7.10. The average Bonchev–Trinajstić information content (AvgIpc) is 3.34. The van der Waals surface area contributed by atoms with Gasteiger partial charge in [0.05, 0.1) is 22.5 Å². The van der Waals surface area contributed by atoms with Gasteiger partial charge in [-0.25, -0.2) is 15.0 Å². The Hall–Kier alpha value is -2.48. The van der Waals surface area contributed by atoms with Crippen LogP contribution in [0.1, 0.15) is 39.1 Å². The van der Waals surface area contributed by atoms with Crippen LogP contribution in [0.25, 0.3) is 22.4 Å². The summed E-state index contributed by atoms with van der Waals surface area (Å²) >= 11 is 1.64. The van der Waals surface area contributed by atoms with Gasteiger partial charge in [-0.05, 0) is 13.0 Å². The number of hydrogen-bond acceptors (Lipinski definition) is 6. The summed E-state index contributed by atoms with van der Waals surface area (Å²) in [5.41, 5.74) is 3.24. The van der Waals surface area contributed by atoms with Crippen LogP contribution >= 0.6 is 11.3 Å². The number of ether oxygens (including phenoxy) is 1. The van der Waals surface area contributed by atoms with Crippen molar-refractivity contribution in [3.8, 4) is 17.3 Å². The van der Waals surface area contributed by atoms with Gasteiger partial charge in [-0.1, -0.05) is 20.8 Å². The monoisotopic (exact) mass is 399 g/mol. The van der Waals surface area contributed by atoms with Crippen LogP contribution in [-0.4, -0.2) is 38.1 Å². The van der Waals surface area contributed by atoms with Gasteiger partial charge in [-0.15, -0.1) is 11.3 Å². The van der Waals surface area contributed by atoms with Crippen molar-refractivity contribution in [2.45, 2.75) is 45.6 Å². The van der Waals surface area contributed by atoms with Gasteiger partial charge < -0.3 is 14.6 Å². The molecule has 0 aromatic carbocycles. The molecular weight excluding hydrogens is 374 g/mol. The largest absolute Gasteiger partial charge is 0.473 e. The first-order chi connectivity index (χ1) is 13.2. The van der Waals surface area contributed by atoms with Crippen molar-refractivity contribution in [3.63, 3.8) is 0 Å². The van der Waals surface area contributed by atoms with E-state index in [1.807, 2.05) is 30.0 Å². The number of imidazole rings is 1. The lowest BCUT2D eigenvalue weighted by atomic mass is 9.98. The predicted molar refractivity (Wildman–Crippen MR) is 110 cm³/mol. The number of carbonyl (C=O) groups excluding carboxylic acids is 1. The minimum Gasteiger partial charge on any atom is -0.473 e. The molecule has 7 nitrogen and oxygen atoms in total. The highest BCUT2D eigenvalue weighted by atomic mass is 32.1. The van der Waals surface area contributed by atoms with Crippen molar-refractivity contribution < 1.29 is 9.53 Å². The van der Waals surface area contributed by atoms with Gasteiger partial charge in [0.25, 0.3) is 0 Å². The molecular formula is C20H25N5O2S.